The Kier molecular flexibility index (Phi) is 6.12. The molecule has 0 aromatic rings. The van der Waals surface area contributed by atoms with Crippen molar-refractivity contribution in [3.8, 4) is 0 Å². The summed E-state index contributed by atoms with van der Waals surface area (Å²) in [6, 6.07) is 0.110. The van der Waals surface area contributed by atoms with Crippen LogP contribution in [0.2, 0.25) is 0 Å². The minimum Gasteiger partial charge on any atom is -0.355 e. The fourth-order valence-electron chi connectivity index (χ4n) is 2.51. The van der Waals surface area contributed by atoms with E-state index in [4.69, 9.17) is 5.73 Å². The molecule has 3 atom stereocenters. The molecule has 5 nitrogen and oxygen atoms in total. The maximum atomic E-state index is 11.9. The van der Waals surface area contributed by atoms with Crippen LogP contribution in [0.3, 0.4) is 0 Å². The summed E-state index contributed by atoms with van der Waals surface area (Å²) in [6.45, 7) is 4.83. The third-order valence-corrected chi connectivity index (χ3v) is 3.35. The van der Waals surface area contributed by atoms with Gasteiger partial charge in [0, 0.05) is 18.5 Å². The van der Waals surface area contributed by atoms with Crippen molar-refractivity contribution in [2.24, 2.45) is 17.6 Å². The minimum atomic E-state index is -0.127. The lowest BCUT2D eigenvalue weighted by molar-refractivity contribution is -0.129. The Morgan fingerprint density at radius 2 is 1.94 bits per heavy atom. The van der Waals surface area contributed by atoms with Crippen molar-refractivity contribution >= 4 is 11.8 Å². The molecule has 18 heavy (non-hydrogen) atoms. The number of carbonyl (C=O) groups is 2. The third-order valence-electron chi connectivity index (χ3n) is 3.35. The van der Waals surface area contributed by atoms with Gasteiger partial charge in [0.15, 0.2) is 0 Å². The first-order valence-electron chi connectivity index (χ1n) is 6.82. The summed E-state index contributed by atoms with van der Waals surface area (Å²) < 4.78 is 0. The quantitative estimate of drug-likeness (QED) is 0.664. The molecule has 4 N–H and O–H groups in total. The Bertz CT molecular complexity index is 284. The number of amides is 2. The van der Waals surface area contributed by atoms with Crippen LogP contribution in [0.15, 0.2) is 0 Å². The monoisotopic (exact) mass is 255 g/mol. The molecule has 0 spiro atoms. The molecule has 0 saturated heterocycles. The zero-order valence-corrected chi connectivity index (χ0v) is 11.4. The van der Waals surface area contributed by atoms with Gasteiger partial charge in [-0.15, -0.1) is 0 Å². The van der Waals surface area contributed by atoms with Crippen molar-refractivity contribution in [3.63, 3.8) is 0 Å². The first-order chi connectivity index (χ1) is 8.52. The van der Waals surface area contributed by atoms with Crippen LogP contribution < -0.4 is 16.4 Å². The van der Waals surface area contributed by atoms with E-state index < -0.39 is 0 Å². The summed E-state index contributed by atoms with van der Waals surface area (Å²) in [5.41, 5.74) is 5.92. The van der Waals surface area contributed by atoms with Crippen LogP contribution in [0, 0.1) is 11.8 Å². The SMILES string of the molecule is CCCNC(=O)CNC(=O)C1CC(C)CC(N)C1. The number of nitrogens with two attached hydrogens (primary N) is 1. The fourth-order valence-corrected chi connectivity index (χ4v) is 2.51. The Balaban J connectivity index is 2.29. The summed E-state index contributed by atoms with van der Waals surface area (Å²) >= 11 is 0. The van der Waals surface area contributed by atoms with Gasteiger partial charge in [0.05, 0.1) is 6.54 Å². The van der Waals surface area contributed by atoms with E-state index in [1.807, 2.05) is 6.92 Å². The molecule has 2 amide bonds. The predicted octanol–water partition coefficient (Wildman–Crippen LogP) is 0.392. The standard InChI is InChI=1S/C13H25N3O2/c1-3-4-15-12(17)8-16-13(18)10-5-9(2)6-11(14)7-10/h9-11H,3-8,14H2,1-2H3,(H,15,17)(H,16,18). The average Bonchev–Trinajstić information content (AvgIpc) is 2.32. The zero-order valence-electron chi connectivity index (χ0n) is 11.4. The van der Waals surface area contributed by atoms with Gasteiger partial charge in [-0.25, -0.2) is 0 Å². The Hall–Kier alpha value is -1.10. The molecule has 1 rings (SSSR count). The van der Waals surface area contributed by atoms with Crippen molar-refractivity contribution in [1.29, 1.82) is 0 Å². The molecule has 1 aliphatic carbocycles. The van der Waals surface area contributed by atoms with E-state index in [-0.39, 0.29) is 30.3 Å². The van der Waals surface area contributed by atoms with Crippen molar-refractivity contribution in [3.05, 3.63) is 0 Å². The topological polar surface area (TPSA) is 84.2 Å². The van der Waals surface area contributed by atoms with Gasteiger partial charge in [0.2, 0.25) is 11.8 Å². The van der Waals surface area contributed by atoms with Gasteiger partial charge >= 0.3 is 0 Å². The number of hydrogen-bond acceptors (Lipinski definition) is 3. The van der Waals surface area contributed by atoms with Crippen LogP contribution in [0.4, 0.5) is 0 Å². The first kappa shape index (κ1) is 15.0. The highest BCUT2D eigenvalue weighted by molar-refractivity contribution is 5.85. The molecular weight excluding hydrogens is 230 g/mol. The maximum absolute atomic E-state index is 11.9. The molecule has 0 aromatic carbocycles. The van der Waals surface area contributed by atoms with E-state index in [1.54, 1.807) is 0 Å². The second-order valence-corrected chi connectivity index (χ2v) is 5.34. The minimum absolute atomic E-state index is 0.0383. The van der Waals surface area contributed by atoms with E-state index in [0.717, 1.165) is 25.7 Å². The van der Waals surface area contributed by atoms with Crippen LogP contribution in [0.1, 0.15) is 39.5 Å². The number of rotatable bonds is 5. The van der Waals surface area contributed by atoms with Gasteiger partial charge in [0.1, 0.15) is 0 Å². The van der Waals surface area contributed by atoms with Crippen LogP contribution in [-0.2, 0) is 9.59 Å². The normalized spacial score (nSPS) is 27.6. The molecule has 1 saturated carbocycles. The highest BCUT2D eigenvalue weighted by atomic mass is 16.2. The summed E-state index contributed by atoms with van der Waals surface area (Å²) in [7, 11) is 0. The second kappa shape index (κ2) is 7.36. The lowest BCUT2D eigenvalue weighted by Crippen LogP contribution is -2.43. The second-order valence-electron chi connectivity index (χ2n) is 5.34. The Labute approximate surface area is 109 Å². The lowest BCUT2D eigenvalue weighted by atomic mass is 9.79. The average molecular weight is 255 g/mol. The molecule has 104 valence electrons. The largest absolute Gasteiger partial charge is 0.355 e. The molecule has 5 heteroatoms. The van der Waals surface area contributed by atoms with Crippen LogP contribution in [0.25, 0.3) is 0 Å². The Morgan fingerprint density at radius 3 is 2.56 bits per heavy atom. The lowest BCUT2D eigenvalue weighted by Gasteiger charge is -2.30. The van der Waals surface area contributed by atoms with Gasteiger partial charge in [-0.2, -0.15) is 0 Å². The van der Waals surface area contributed by atoms with Gasteiger partial charge in [-0.1, -0.05) is 13.8 Å². The molecule has 3 unspecified atom stereocenters. The van der Waals surface area contributed by atoms with E-state index in [2.05, 4.69) is 17.6 Å². The van der Waals surface area contributed by atoms with Crippen molar-refractivity contribution < 1.29 is 9.59 Å². The highest BCUT2D eigenvalue weighted by Gasteiger charge is 2.29. The predicted molar refractivity (Wildman–Crippen MR) is 70.8 cm³/mol. The summed E-state index contributed by atoms with van der Waals surface area (Å²) in [5.74, 6) is 0.281. The molecule has 0 bridgehead atoms. The van der Waals surface area contributed by atoms with E-state index in [9.17, 15) is 9.59 Å². The maximum Gasteiger partial charge on any atom is 0.239 e. The number of hydrogen-bond donors (Lipinski definition) is 3. The highest BCUT2D eigenvalue weighted by Crippen LogP contribution is 2.27. The molecule has 0 aliphatic heterocycles. The number of carbonyl (C=O) groups excluding carboxylic acids is 2. The smallest absolute Gasteiger partial charge is 0.239 e. The number of nitrogens with one attached hydrogen (secondary N) is 2. The van der Waals surface area contributed by atoms with Crippen LogP contribution >= 0.6 is 0 Å². The van der Waals surface area contributed by atoms with Gasteiger partial charge in [-0.05, 0) is 31.6 Å². The molecule has 0 heterocycles. The van der Waals surface area contributed by atoms with Crippen LogP contribution in [0.5, 0.6) is 0 Å². The van der Waals surface area contributed by atoms with E-state index in [1.165, 1.54) is 0 Å². The summed E-state index contributed by atoms with van der Waals surface area (Å²) in [4.78, 5) is 23.3. The molecular formula is C13H25N3O2. The van der Waals surface area contributed by atoms with Crippen molar-refractivity contribution in [2.45, 2.75) is 45.6 Å². The Morgan fingerprint density at radius 1 is 1.22 bits per heavy atom. The fraction of sp³-hybridized carbons (Fsp3) is 0.846. The molecule has 0 aromatic heterocycles. The van der Waals surface area contributed by atoms with E-state index in [0.29, 0.717) is 12.5 Å². The van der Waals surface area contributed by atoms with E-state index >= 15 is 0 Å². The molecule has 0 radical (unpaired) electrons. The zero-order chi connectivity index (χ0) is 13.5. The van der Waals surface area contributed by atoms with Gasteiger partial charge in [-0.3, -0.25) is 9.59 Å². The van der Waals surface area contributed by atoms with Crippen molar-refractivity contribution in [1.82, 2.24) is 10.6 Å². The third kappa shape index (κ3) is 5.04. The van der Waals surface area contributed by atoms with Gasteiger partial charge < -0.3 is 16.4 Å². The van der Waals surface area contributed by atoms with Crippen molar-refractivity contribution in [2.75, 3.05) is 13.1 Å². The molecule has 1 fully saturated rings. The summed E-state index contributed by atoms with van der Waals surface area (Å²) in [5, 5.41) is 5.43. The van der Waals surface area contributed by atoms with Gasteiger partial charge in [0.25, 0.3) is 0 Å². The van der Waals surface area contributed by atoms with Crippen LogP contribution in [-0.4, -0.2) is 30.9 Å². The summed E-state index contributed by atoms with van der Waals surface area (Å²) in [6.07, 6.45) is 3.48. The molecule has 1 aliphatic rings. The first-order valence-corrected chi connectivity index (χ1v) is 6.82.